The van der Waals surface area contributed by atoms with E-state index in [1.165, 1.54) is 0 Å². The molecule has 0 aliphatic rings. The quantitative estimate of drug-likeness (QED) is 0.327. The summed E-state index contributed by atoms with van der Waals surface area (Å²) in [6.45, 7) is 1.89. The smallest absolute Gasteiger partial charge is 0.262 e. The van der Waals surface area contributed by atoms with E-state index in [1.807, 2.05) is 42.5 Å². The lowest BCUT2D eigenvalue weighted by molar-refractivity contribution is -0.118. The molecule has 1 heterocycles. The maximum Gasteiger partial charge on any atom is 0.262 e. The van der Waals surface area contributed by atoms with Crippen molar-refractivity contribution in [3.8, 4) is 27.6 Å². The molecule has 3 aromatic carbocycles. The number of anilines is 1. The van der Waals surface area contributed by atoms with E-state index >= 15 is 0 Å². The average molecular weight is 469 g/mol. The number of nitrogens with zero attached hydrogens (tertiary/aromatic N) is 1. The number of benzene rings is 3. The second-order valence-electron chi connectivity index (χ2n) is 6.78. The SMILES string of the molecule is Cc1sc(-c2ccccc2)nc1-c1ccc(NC(=O)COc2cc(Cl)ccc2Cl)cc1. The molecule has 4 nitrogen and oxygen atoms in total. The number of rotatable bonds is 6. The Hall–Kier alpha value is -2.86. The van der Waals surface area contributed by atoms with Gasteiger partial charge in [0, 0.05) is 32.8 Å². The molecule has 4 aromatic rings. The standard InChI is InChI=1S/C24H18Cl2N2O2S/c1-15-23(28-24(31-15)17-5-3-2-4-6-17)16-7-10-19(11-8-16)27-22(29)14-30-21-13-18(25)9-12-20(21)26/h2-13H,14H2,1H3,(H,27,29). The molecule has 0 bridgehead atoms. The molecule has 7 heteroatoms. The number of nitrogens with one attached hydrogen (secondary N) is 1. The molecule has 0 unspecified atom stereocenters. The molecule has 31 heavy (non-hydrogen) atoms. The third-order valence-corrected chi connectivity index (χ3v) is 6.08. The number of aryl methyl sites for hydroxylation is 1. The fraction of sp³-hybridized carbons (Fsp3) is 0.0833. The highest BCUT2D eigenvalue weighted by Gasteiger charge is 2.12. The van der Waals surface area contributed by atoms with E-state index in [0.29, 0.717) is 21.5 Å². The van der Waals surface area contributed by atoms with Crippen LogP contribution in [0.15, 0.2) is 72.8 Å². The van der Waals surface area contributed by atoms with Gasteiger partial charge in [-0.05, 0) is 31.2 Å². The Morgan fingerprint density at radius 3 is 2.48 bits per heavy atom. The van der Waals surface area contributed by atoms with Gasteiger partial charge in [-0.15, -0.1) is 11.3 Å². The molecule has 0 aliphatic carbocycles. The average Bonchev–Trinajstić information content (AvgIpc) is 3.17. The molecule has 4 rings (SSSR count). The summed E-state index contributed by atoms with van der Waals surface area (Å²) in [5.41, 5.74) is 3.72. The van der Waals surface area contributed by atoms with Gasteiger partial charge in [0.15, 0.2) is 6.61 Å². The van der Waals surface area contributed by atoms with Crippen LogP contribution in [0.4, 0.5) is 5.69 Å². The molecule has 0 fully saturated rings. The number of halogens is 2. The van der Waals surface area contributed by atoms with Crippen molar-refractivity contribution in [2.75, 3.05) is 11.9 Å². The van der Waals surface area contributed by atoms with Gasteiger partial charge in [-0.1, -0.05) is 65.7 Å². The van der Waals surface area contributed by atoms with Crippen LogP contribution in [0, 0.1) is 6.92 Å². The molecule has 1 amide bonds. The minimum atomic E-state index is -0.292. The zero-order chi connectivity index (χ0) is 21.8. The van der Waals surface area contributed by atoms with Crippen LogP contribution in [0.5, 0.6) is 5.75 Å². The molecular weight excluding hydrogens is 451 g/mol. The molecule has 0 spiro atoms. The van der Waals surface area contributed by atoms with Crippen LogP contribution in [0.1, 0.15) is 4.88 Å². The van der Waals surface area contributed by atoms with E-state index in [1.54, 1.807) is 29.5 Å². The van der Waals surface area contributed by atoms with Gasteiger partial charge in [-0.25, -0.2) is 4.98 Å². The molecule has 1 N–H and O–H groups in total. The Bertz CT molecular complexity index is 1210. The summed E-state index contributed by atoms with van der Waals surface area (Å²) in [5, 5.41) is 4.69. The van der Waals surface area contributed by atoms with E-state index in [0.717, 1.165) is 26.7 Å². The van der Waals surface area contributed by atoms with Crippen LogP contribution in [-0.2, 0) is 4.79 Å². The van der Waals surface area contributed by atoms with Gasteiger partial charge in [0.1, 0.15) is 10.8 Å². The van der Waals surface area contributed by atoms with Gasteiger partial charge >= 0.3 is 0 Å². The summed E-state index contributed by atoms with van der Waals surface area (Å²) in [5.74, 6) is 0.0767. The molecule has 0 saturated carbocycles. The van der Waals surface area contributed by atoms with Gasteiger partial charge in [0.25, 0.3) is 5.91 Å². The van der Waals surface area contributed by atoms with Crippen molar-refractivity contribution in [2.24, 2.45) is 0 Å². The van der Waals surface area contributed by atoms with Crippen LogP contribution >= 0.6 is 34.5 Å². The summed E-state index contributed by atoms with van der Waals surface area (Å²) in [4.78, 5) is 18.2. The first kappa shape index (κ1) is 21.4. The van der Waals surface area contributed by atoms with Crippen molar-refractivity contribution in [1.29, 1.82) is 0 Å². The summed E-state index contributed by atoms with van der Waals surface area (Å²) >= 11 is 13.6. The highest BCUT2D eigenvalue weighted by molar-refractivity contribution is 7.15. The van der Waals surface area contributed by atoms with Gasteiger partial charge < -0.3 is 10.1 Å². The van der Waals surface area contributed by atoms with Gasteiger partial charge in [-0.2, -0.15) is 0 Å². The van der Waals surface area contributed by atoms with Crippen molar-refractivity contribution in [1.82, 2.24) is 4.98 Å². The first-order valence-electron chi connectivity index (χ1n) is 9.50. The van der Waals surface area contributed by atoms with Crippen LogP contribution in [-0.4, -0.2) is 17.5 Å². The maximum absolute atomic E-state index is 12.2. The molecule has 0 aliphatic heterocycles. The Kier molecular flexibility index (Phi) is 6.56. The maximum atomic E-state index is 12.2. The van der Waals surface area contributed by atoms with E-state index in [-0.39, 0.29) is 12.5 Å². The fourth-order valence-electron chi connectivity index (χ4n) is 3.01. The fourth-order valence-corrected chi connectivity index (χ4v) is 4.28. The lowest BCUT2D eigenvalue weighted by Gasteiger charge is -2.09. The van der Waals surface area contributed by atoms with Crippen molar-refractivity contribution in [3.05, 3.63) is 87.7 Å². The third kappa shape index (κ3) is 5.25. The normalized spacial score (nSPS) is 10.7. The summed E-state index contributed by atoms with van der Waals surface area (Å²) in [6, 6.07) is 22.6. The zero-order valence-electron chi connectivity index (χ0n) is 16.6. The molecule has 156 valence electrons. The number of carbonyl (C=O) groups is 1. The number of amides is 1. The number of thiazole rings is 1. The Morgan fingerprint density at radius 2 is 1.74 bits per heavy atom. The first-order valence-corrected chi connectivity index (χ1v) is 11.1. The van der Waals surface area contributed by atoms with Crippen molar-refractivity contribution >= 4 is 46.1 Å². The van der Waals surface area contributed by atoms with Gasteiger partial charge in [-0.3, -0.25) is 4.79 Å². The zero-order valence-corrected chi connectivity index (χ0v) is 18.9. The number of hydrogen-bond donors (Lipinski definition) is 1. The second-order valence-corrected chi connectivity index (χ2v) is 8.83. The Balaban J connectivity index is 1.41. The molecule has 0 radical (unpaired) electrons. The summed E-state index contributed by atoms with van der Waals surface area (Å²) < 4.78 is 5.47. The Morgan fingerprint density at radius 1 is 1.00 bits per heavy atom. The number of aromatic nitrogens is 1. The van der Waals surface area contributed by atoms with Crippen molar-refractivity contribution < 1.29 is 9.53 Å². The van der Waals surface area contributed by atoms with E-state index in [2.05, 4.69) is 24.4 Å². The molecule has 0 atom stereocenters. The molecular formula is C24H18Cl2N2O2S. The van der Waals surface area contributed by atoms with E-state index < -0.39 is 0 Å². The lowest BCUT2D eigenvalue weighted by atomic mass is 10.1. The van der Waals surface area contributed by atoms with Crippen LogP contribution < -0.4 is 10.1 Å². The van der Waals surface area contributed by atoms with Crippen LogP contribution in [0.25, 0.3) is 21.8 Å². The Labute approximate surface area is 194 Å². The van der Waals surface area contributed by atoms with Crippen LogP contribution in [0.2, 0.25) is 10.0 Å². The lowest BCUT2D eigenvalue weighted by Crippen LogP contribution is -2.20. The number of carbonyl (C=O) groups excluding carboxylic acids is 1. The first-order chi connectivity index (χ1) is 15.0. The predicted octanol–water partition coefficient (Wildman–Crippen LogP) is 7.11. The van der Waals surface area contributed by atoms with Gasteiger partial charge in [0.05, 0.1) is 10.7 Å². The minimum absolute atomic E-state index is 0.173. The topological polar surface area (TPSA) is 51.2 Å². The van der Waals surface area contributed by atoms with Gasteiger partial charge in [0.2, 0.25) is 0 Å². The predicted molar refractivity (Wildman–Crippen MR) is 128 cm³/mol. The van der Waals surface area contributed by atoms with Crippen molar-refractivity contribution in [2.45, 2.75) is 6.92 Å². The van der Waals surface area contributed by atoms with E-state index in [4.69, 9.17) is 32.9 Å². The van der Waals surface area contributed by atoms with Crippen molar-refractivity contribution in [3.63, 3.8) is 0 Å². The number of ether oxygens (including phenoxy) is 1. The minimum Gasteiger partial charge on any atom is -0.482 e. The summed E-state index contributed by atoms with van der Waals surface area (Å²) in [6.07, 6.45) is 0. The van der Waals surface area contributed by atoms with Crippen LogP contribution in [0.3, 0.4) is 0 Å². The highest BCUT2D eigenvalue weighted by atomic mass is 35.5. The monoisotopic (exact) mass is 468 g/mol. The largest absolute Gasteiger partial charge is 0.482 e. The number of hydrogen-bond acceptors (Lipinski definition) is 4. The highest BCUT2D eigenvalue weighted by Crippen LogP contribution is 2.33. The van der Waals surface area contributed by atoms with E-state index in [9.17, 15) is 4.79 Å². The third-order valence-electron chi connectivity index (χ3n) is 4.51. The molecule has 0 saturated heterocycles. The summed E-state index contributed by atoms with van der Waals surface area (Å²) in [7, 11) is 0. The molecule has 1 aromatic heterocycles. The second kappa shape index (κ2) is 9.52.